The molecule has 1 saturated heterocycles. The number of nitrogens with zero attached hydrogens (tertiary/aromatic N) is 2. The average molecular weight is 250 g/mol. The fraction of sp³-hybridized carbons (Fsp3) is 0.933. The lowest BCUT2D eigenvalue weighted by Crippen LogP contribution is -2.48. The van der Waals surface area contributed by atoms with Crippen LogP contribution in [0.2, 0.25) is 0 Å². The van der Waals surface area contributed by atoms with E-state index in [-0.39, 0.29) is 5.92 Å². The minimum atomic E-state index is 0.237. The van der Waals surface area contributed by atoms with Gasteiger partial charge < -0.3 is 4.74 Å². The fourth-order valence-electron chi connectivity index (χ4n) is 3.57. The summed E-state index contributed by atoms with van der Waals surface area (Å²) in [5, 5.41) is 9.37. The van der Waals surface area contributed by atoms with Gasteiger partial charge in [0.1, 0.15) is 0 Å². The Morgan fingerprint density at radius 1 is 1.22 bits per heavy atom. The Labute approximate surface area is 111 Å². The first-order chi connectivity index (χ1) is 8.76. The number of hydrogen-bond acceptors (Lipinski definition) is 3. The first-order valence-corrected chi connectivity index (χ1v) is 7.45. The molecule has 3 heteroatoms. The van der Waals surface area contributed by atoms with Crippen LogP contribution in [0.4, 0.5) is 0 Å². The maximum atomic E-state index is 9.37. The molecule has 2 rings (SSSR count). The van der Waals surface area contributed by atoms with Crippen LogP contribution in [0.1, 0.15) is 45.4 Å². The third-order valence-electron chi connectivity index (χ3n) is 4.96. The van der Waals surface area contributed by atoms with Crippen molar-refractivity contribution in [2.24, 2.45) is 11.8 Å². The first-order valence-electron chi connectivity index (χ1n) is 7.45. The minimum absolute atomic E-state index is 0.237. The molecule has 1 heterocycles. The average Bonchev–Trinajstić information content (AvgIpc) is 2.46. The molecule has 0 bridgehead atoms. The van der Waals surface area contributed by atoms with E-state index in [1.807, 2.05) is 0 Å². The number of rotatable bonds is 3. The van der Waals surface area contributed by atoms with Crippen LogP contribution in [0.3, 0.4) is 0 Å². The Balaban J connectivity index is 2.00. The van der Waals surface area contributed by atoms with Gasteiger partial charge in [-0.2, -0.15) is 5.26 Å². The molecular weight excluding hydrogens is 224 g/mol. The zero-order valence-electron chi connectivity index (χ0n) is 11.8. The standard InChI is InChI=1S/C15H26N2O/c1-3-12-4-5-13(11-16)15(10-12)17(2)14-6-8-18-9-7-14/h12-15H,3-10H2,1-2H3. The molecule has 1 aliphatic carbocycles. The molecule has 1 aliphatic heterocycles. The van der Waals surface area contributed by atoms with Gasteiger partial charge in [-0.3, -0.25) is 4.90 Å². The summed E-state index contributed by atoms with van der Waals surface area (Å²) in [4.78, 5) is 2.50. The molecule has 3 atom stereocenters. The van der Waals surface area contributed by atoms with E-state index in [0.717, 1.165) is 38.4 Å². The van der Waals surface area contributed by atoms with Gasteiger partial charge >= 0.3 is 0 Å². The molecule has 3 unspecified atom stereocenters. The lowest BCUT2D eigenvalue weighted by atomic mass is 9.76. The third-order valence-corrected chi connectivity index (χ3v) is 4.96. The van der Waals surface area contributed by atoms with Gasteiger partial charge in [-0.25, -0.2) is 0 Å². The van der Waals surface area contributed by atoms with Crippen LogP contribution in [-0.2, 0) is 4.74 Å². The third kappa shape index (κ3) is 3.05. The zero-order chi connectivity index (χ0) is 13.0. The highest BCUT2D eigenvalue weighted by Crippen LogP contribution is 2.35. The summed E-state index contributed by atoms with van der Waals surface area (Å²) in [5.41, 5.74) is 0. The van der Waals surface area contributed by atoms with Crippen molar-refractivity contribution in [3.05, 3.63) is 0 Å². The second kappa shape index (κ2) is 6.54. The minimum Gasteiger partial charge on any atom is -0.381 e. The lowest BCUT2D eigenvalue weighted by Gasteiger charge is -2.43. The molecular formula is C15H26N2O. The zero-order valence-corrected chi connectivity index (χ0v) is 11.8. The van der Waals surface area contributed by atoms with E-state index in [4.69, 9.17) is 4.74 Å². The summed E-state index contributed by atoms with van der Waals surface area (Å²) in [6.07, 6.45) is 7.06. The highest BCUT2D eigenvalue weighted by molar-refractivity contribution is 4.98. The Morgan fingerprint density at radius 2 is 1.94 bits per heavy atom. The molecule has 0 radical (unpaired) electrons. The summed E-state index contributed by atoms with van der Waals surface area (Å²) in [5.74, 6) is 1.06. The molecule has 0 spiro atoms. The quantitative estimate of drug-likeness (QED) is 0.773. The van der Waals surface area contributed by atoms with E-state index in [1.165, 1.54) is 19.3 Å². The van der Waals surface area contributed by atoms with E-state index >= 15 is 0 Å². The molecule has 1 saturated carbocycles. The number of nitriles is 1. The van der Waals surface area contributed by atoms with Gasteiger partial charge in [0.05, 0.1) is 12.0 Å². The van der Waals surface area contributed by atoms with E-state index in [1.54, 1.807) is 0 Å². The van der Waals surface area contributed by atoms with Crippen molar-refractivity contribution in [1.82, 2.24) is 4.90 Å². The molecule has 102 valence electrons. The molecule has 3 nitrogen and oxygen atoms in total. The Morgan fingerprint density at radius 3 is 2.56 bits per heavy atom. The van der Waals surface area contributed by atoms with Crippen molar-refractivity contribution in [3.8, 4) is 6.07 Å². The van der Waals surface area contributed by atoms with Gasteiger partial charge in [-0.1, -0.05) is 13.3 Å². The number of hydrogen-bond donors (Lipinski definition) is 0. The predicted octanol–water partition coefficient (Wildman–Crippen LogP) is 2.82. The van der Waals surface area contributed by atoms with Crippen molar-refractivity contribution in [2.45, 2.75) is 57.5 Å². The van der Waals surface area contributed by atoms with Crippen LogP contribution >= 0.6 is 0 Å². The topological polar surface area (TPSA) is 36.3 Å². The van der Waals surface area contributed by atoms with Crippen LogP contribution in [0.15, 0.2) is 0 Å². The van der Waals surface area contributed by atoms with Crippen LogP contribution in [0, 0.1) is 23.2 Å². The van der Waals surface area contributed by atoms with E-state index < -0.39 is 0 Å². The van der Waals surface area contributed by atoms with Gasteiger partial charge in [0.2, 0.25) is 0 Å². The Hall–Kier alpha value is -0.590. The van der Waals surface area contributed by atoms with Crippen LogP contribution in [0.25, 0.3) is 0 Å². The van der Waals surface area contributed by atoms with Gasteiger partial charge in [-0.05, 0) is 45.1 Å². The van der Waals surface area contributed by atoms with Crippen molar-refractivity contribution < 1.29 is 4.74 Å². The van der Waals surface area contributed by atoms with Gasteiger partial charge in [0.25, 0.3) is 0 Å². The van der Waals surface area contributed by atoms with Crippen LogP contribution in [-0.4, -0.2) is 37.2 Å². The first kappa shape index (κ1) is 13.8. The SMILES string of the molecule is CCC1CCC(C#N)C(N(C)C2CCOCC2)C1. The molecule has 0 aromatic rings. The molecule has 0 N–H and O–H groups in total. The molecule has 0 aromatic carbocycles. The van der Waals surface area contributed by atoms with Crippen molar-refractivity contribution in [3.63, 3.8) is 0 Å². The summed E-state index contributed by atoms with van der Waals surface area (Å²) >= 11 is 0. The summed E-state index contributed by atoms with van der Waals surface area (Å²) in [6, 6.07) is 3.64. The Kier molecular flexibility index (Phi) is 5.03. The van der Waals surface area contributed by atoms with Crippen LogP contribution in [0.5, 0.6) is 0 Å². The van der Waals surface area contributed by atoms with E-state index in [9.17, 15) is 5.26 Å². The maximum Gasteiger partial charge on any atom is 0.0672 e. The molecule has 2 fully saturated rings. The highest BCUT2D eigenvalue weighted by Gasteiger charge is 2.35. The largest absolute Gasteiger partial charge is 0.381 e. The fourth-order valence-corrected chi connectivity index (χ4v) is 3.57. The highest BCUT2D eigenvalue weighted by atomic mass is 16.5. The molecule has 0 aromatic heterocycles. The Bertz CT molecular complexity index is 293. The van der Waals surface area contributed by atoms with Gasteiger partial charge in [-0.15, -0.1) is 0 Å². The summed E-state index contributed by atoms with van der Waals surface area (Å²) in [6.45, 7) is 4.05. The number of ether oxygens (including phenoxy) is 1. The summed E-state index contributed by atoms with van der Waals surface area (Å²) < 4.78 is 5.44. The lowest BCUT2D eigenvalue weighted by molar-refractivity contribution is 0.00836. The second-order valence-corrected chi connectivity index (χ2v) is 5.90. The summed E-state index contributed by atoms with van der Waals surface area (Å²) in [7, 11) is 2.23. The van der Waals surface area contributed by atoms with Crippen LogP contribution < -0.4 is 0 Å². The second-order valence-electron chi connectivity index (χ2n) is 5.90. The molecule has 0 amide bonds. The maximum absolute atomic E-state index is 9.37. The van der Waals surface area contributed by atoms with Crippen molar-refractivity contribution in [1.29, 1.82) is 5.26 Å². The molecule has 2 aliphatic rings. The normalized spacial score (nSPS) is 34.4. The smallest absolute Gasteiger partial charge is 0.0672 e. The monoisotopic (exact) mass is 250 g/mol. The van der Waals surface area contributed by atoms with E-state index in [0.29, 0.717) is 12.1 Å². The molecule has 18 heavy (non-hydrogen) atoms. The van der Waals surface area contributed by atoms with Gasteiger partial charge in [0.15, 0.2) is 0 Å². The van der Waals surface area contributed by atoms with Crippen molar-refractivity contribution >= 4 is 0 Å². The van der Waals surface area contributed by atoms with E-state index in [2.05, 4.69) is 24.9 Å². The van der Waals surface area contributed by atoms with Gasteiger partial charge in [0, 0.05) is 25.3 Å². The predicted molar refractivity (Wildman–Crippen MR) is 72.1 cm³/mol. The van der Waals surface area contributed by atoms with Crippen molar-refractivity contribution in [2.75, 3.05) is 20.3 Å².